The number of aromatic carboxylic acids is 1. The maximum Gasteiger partial charge on any atom is 0.345 e. The van der Waals surface area contributed by atoms with Crippen molar-refractivity contribution in [1.29, 1.82) is 0 Å². The Morgan fingerprint density at radius 2 is 2.27 bits per heavy atom. The summed E-state index contributed by atoms with van der Waals surface area (Å²) in [6.07, 6.45) is 0. The van der Waals surface area contributed by atoms with Gasteiger partial charge in [-0.05, 0) is 20.2 Å². The van der Waals surface area contributed by atoms with Gasteiger partial charge in [-0.15, -0.1) is 11.3 Å². The Bertz CT molecular complexity index is 369. The van der Waals surface area contributed by atoms with Crippen LogP contribution >= 0.6 is 11.3 Å². The van der Waals surface area contributed by atoms with Gasteiger partial charge in [0.25, 0.3) is 0 Å². The molecule has 0 aliphatic carbocycles. The Kier molecular flexibility index (Phi) is 2.67. The summed E-state index contributed by atoms with van der Waals surface area (Å²) in [5.41, 5.74) is 1.04. The van der Waals surface area contributed by atoms with Gasteiger partial charge in [0.1, 0.15) is 4.88 Å². The summed E-state index contributed by atoms with van der Waals surface area (Å²) in [6.45, 7) is 1.98. The molecule has 0 bridgehead atoms. The van der Waals surface area contributed by atoms with Crippen molar-refractivity contribution in [2.45, 2.75) is 6.04 Å². The minimum Gasteiger partial charge on any atom is -0.477 e. The first-order chi connectivity index (χ1) is 7.08. The summed E-state index contributed by atoms with van der Waals surface area (Å²) in [4.78, 5) is 15.5. The van der Waals surface area contributed by atoms with Crippen LogP contribution < -0.4 is 4.90 Å². The lowest BCUT2D eigenvalue weighted by molar-refractivity contribution is 0.0702. The van der Waals surface area contributed by atoms with Crippen LogP contribution in [0.4, 0.5) is 5.69 Å². The maximum atomic E-state index is 10.7. The topological polar surface area (TPSA) is 43.8 Å². The summed E-state index contributed by atoms with van der Waals surface area (Å²) in [5.74, 6) is -0.837. The van der Waals surface area contributed by atoms with Crippen molar-refractivity contribution in [1.82, 2.24) is 4.90 Å². The molecule has 82 valence electrons. The normalized spacial score (nSPS) is 16.9. The lowest BCUT2D eigenvalue weighted by Gasteiger charge is -2.43. The minimum absolute atomic E-state index is 0.415. The molecule has 1 aliphatic heterocycles. The molecule has 2 rings (SSSR count). The second-order valence-electron chi connectivity index (χ2n) is 4.00. The number of thiophene rings is 1. The molecule has 5 heteroatoms. The molecule has 1 aromatic heterocycles. The highest BCUT2D eigenvalue weighted by Gasteiger charge is 2.29. The zero-order valence-electron chi connectivity index (χ0n) is 8.80. The molecule has 2 heterocycles. The molecular formula is C10H14N2O2S. The molecule has 0 spiro atoms. The molecule has 0 saturated carbocycles. The van der Waals surface area contributed by atoms with Crippen molar-refractivity contribution < 1.29 is 9.90 Å². The lowest BCUT2D eigenvalue weighted by Crippen LogP contribution is -2.57. The Balaban J connectivity index is 1.98. The second-order valence-corrected chi connectivity index (χ2v) is 4.91. The fourth-order valence-electron chi connectivity index (χ4n) is 1.60. The quantitative estimate of drug-likeness (QED) is 0.841. The van der Waals surface area contributed by atoms with Gasteiger partial charge in [0, 0.05) is 30.2 Å². The number of hydrogen-bond acceptors (Lipinski definition) is 4. The van der Waals surface area contributed by atoms with Gasteiger partial charge in [0.2, 0.25) is 0 Å². The van der Waals surface area contributed by atoms with Gasteiger partial charge < -0.3 is 14.9 Å². The van der Waals surface area contributed by atoms with Crippen LogP contribution in [0, 0.1) is 0 Å². The van der Waals surface area contributed by atoms with E-state index in [4.69, 9.17) is 5.11 Å². The smallest absolute Gasteiger partial charge is 0.345 e. The van der Waals surface area contributed by atoms with E-state index in [0.717, 1.165) is 18.8 Å². The average Bonchev–Trinajstić information content (AvgIpc) is 2.49. The molecule has 1 aromatic rings. The Hall–Kier alpha value is -1.07. The lowest BCUT2D eigenvalue weighted by atomic mass is 10.1. The third kappa shape index (κ3) is 1.98. The number of carbonyl (C=O) groups is 1. The second kappa shape index (κ2) is 3.83. The van der Waals surface area contributed by atoms with Crippen LogP contribution in [-0.2, 0) is 0 Å². The highest BCUT2D eigenvalue weighted by Crippen LogP contribution is 2.27. The van der Waals surface area contributed by atoms with Crippen LogP contribution in [0.5, 0.6) is 0 Å². The summed E-state index contributed by atoms with van der Waals surface area (Å²) in [6, 6.07) is 2.34. The number of likely N-dealkylation sites (N-methyl/N-ethyl adjacent to an activating group) is 1. The van der Waals surface area contributed by atoms with Crippen molar-refractivity contribution in [3.05, 3.63) is 16.3 Å². The molecular weight excluding hydrogens is 212 g/mol. The Morgan fingerprint density at radius 3 is 2.73 bits per heavy atom. The number of carboxylic acid groups (broad SMARTS) is 1. The number of anilines is 1. The SMILES string of the molecule is CN(C)C1CN(c2csc(C(=O)O)c2)C1. The molecule has 0 aromatic carbocycles. The summed E-state index contributed by atoms with van der Waals surface area (Å²) >= 11 is 1.29. The first-order valence-corrected chi connectivity index (χ1v) is 5.69. The maximum absolute atomic E-state index is 10.7. The van der Waals surface area contributed by atoms with E-state index in [1.165, 1.54) is 11.3 Å². The van der Waals surface area contributed by atoms with Gasteiger partial charge in [-0.1, -0.05) is 0 Å². The van der Waals surface area contributed by atoms with Crippen molar-refractivity contribution in [3.8, 4) is 0 Å². The third-order valence-electron chi connectivity index (χ3n) is 2.75. The van der Waals surface area contributed by atoms with Crippen molar-refractivity contribution in [2.24, 2.45) is 0 Å². The summed E-state index contributed by atoms with van der Waals surface area (Å²) in [5, 5.41) is 10.7. The first-order valence-electron chi connectivity index (χ1n) is 4.81. The van der Waals surface area contributed by atoms with Gasteiger partial charge in [0.05, 0.1) is 0 Å². The predicted octanol–water partition coefficient (Wildman–Crippen LogP) is 1.20. The van der Waals surface area contributed by atoms with E-state index >= 15 is 0 Å². The largest absolute Gasteiger partial charge is 0.477 e. The first kappa shape index (κ1) is 10.4. The van der Waals surface area contributed by atoms with Gasteiger partial charge in [-0.2, -0.15) is 0 Å². The van der Waals surface area contributed by atoms with E-state index in [-0.39, 0.29) is 0 Å². The van der Waals surface area contributed by atoms with E-state index in [2.05, 4.69) is 23.9 Å². The van der Waals surface area contributed by atoms with Crippen molar-refractivity contribution in [2.75, 3.05) is 32.1 Å². The zero-order valence-corrected chi connectivity index (χ0v) is 9.62. The van der Waals surface area contributed by atoms with Crippen LogP contribution in [0.25, 0.3) is 0 Å². The van der Waals surface area contributed by atoms with E-state index in [9.17, 15) is 4.79 Å². The highest BCUT2D eigenvalue weighted by molar-refractivity contribution is 7.12. The molecule has 0 atom stereocenters. The number of nitrogens with zero attached hydrogens (tertiary/aromatic N) is 2. The van der Waals surface area contributed by atoms with Crippen LogP contribution in [0.2, 0.25) is 0 Å². The third-order valence-corrected chi connectivity index (χ3v) is 3.66. The summed E-state index contributed by atoms with van der Waals surface area (Å²) in [7, 11) is 4.14. The monoisotopic (exact) mass is 226 g/mol. The minimum atomic E-state index is -0.837. The predicted molar refractivity (Wildman–Crippen MR) is 61.0 cm³/mol. The van der Waals surface area contributed by atoms with Crippen LogP contribution in [0.15, 0.2) is 11.4 Å². The molecule has 1 fully saturated rings. The zero-order chi connectivity index (χ0) is 11.0. The fourth-order valence-corrected chi connectivity index (χ4v) is 2.35. The number of carboxylic acids is 1. The summed E-state index contributed by atoms with van der Waals surface area (Å²) < 4.78 is 0. The van der Waals surface area contributed by atoms with Gasteiger partial charge in [-0.25, -0.2) is 4.79 Å². The van der Waals surface area contributed by atoms with E-state index < -0.39 is 5.97 Å². The Labute approximate surface area is 92.7 Å². The number of rotatable bonds is 3. The van der Waals surface area contributed by atoms with Crippen molar-refractivity contribution in [3.63, 3.8) is 0 Å². The molecule has 15 heavy (non-hydrogen) atoms. The van der Waals surface area contributed by atoms with E-state index in [0.29, 0.717) is 10.9 Å². The molecule has 1 saturated heterocycles. The van der Waals surface area contributed by atoms with Crippen molar-refractivity contribution >= 4 is 23.0 Å². The molecule has 0 radical (unpaired) electrons. The van der Waals surface area contributed by atoms with Crippen LogP contribution in [0.1, 0.15) is 9.67 Å². The molecule has 4 nitrogen and oxygen atoms in total. The van der Waals surface area contributed by atoms with Gasteiger partial charge in [-0.3, -0.25) is 0 Å². The molecule has 1 N–H and O–H groups in total. The molecule has 0 amide bonds. The van der Waals surface area contributed by atoms with Gasteiger partial charge in [0.15, 0.2) is 0 Å². The number of hydrogen-bond donors (Lipinski definition) is 1. The van der Waals surface area contributed by atoms with E-state index in [1.54, 1.807) is 6.07 Å². The van der Waals surface area contributed by atoms with E-state index in [1.807, 2.05) is 5.38 Å². The van der Waals surface area contributed by atoms with Crippen LogP contribution in [0.3, 0.4) is 0 Å². The molecule has 0 unspecified atom stereocenters. The standard InChI is InChI=1S/C10H14N2O2S/c1-11(2)8-4-12(5-8)7-3-9(10(13)14)15-6-7/h3,6,8H,4-5H2,1-2H3,(H,13,14). The van der Waals surface area contributed by atoms with Gasteiger partial charge >= 0.3 is 5.97 Å². The average molecular weight is 226 g/mol. The highest BCUT2D eigenvalue weighted by atomic mass is 32.1. The van der Waals surface area contributed by atoms with Crippen LogP contribution in [-0.4, -0.2) is 49.2 Å². The fraction of sp³-hybridized carbons (Fsp3) is 0.500. The molecule has 1 aliphatic rings. The Morgan fingerprint density at radius 1 is 1.60 bits per heavy atom.